The minimum Gasteiger partial charge on any atom is -0.0804 e. The van der Waals surface area contributed by atoms with Crippen LogP contribution in [0.15, 0.2) is 24.3 Å². The molecule has 0 heterocycles. The van der Waals surface area contributed by atoms with Crippen LogP contribution < -0.4 is 0 Å². The second-order valence-corrected chi connectivity index (χ2v) is 7.64. The van der Waals surface area contributed by atoms with Crippen molar-refractivity contribution in [2.75, 3.05) is 0 Å². The van der Waals surface area contributed by atoms with Gasteiger partial charge in [-0.1, -0.05) is 58.4 Å². The molecule has 1 saturated carbocycles. The fourth-order valence-electron chi connectivity index (χ4n) is 4.10. The van der Waals surface area contributed by atoms with Crippen LogP contribution in [0.4, 0.5) is 0 Å². The zero-order valence-corrected chi connectivity index (χ0v) is 14.0. The maximum absolute atomic E-state index is 2.48. The van der Waals surface area contributed by atoms with Gasteiger partial charge in [-0.3, -0.25) is 0 Å². The quantitative estimate of drug-likeness (QED) is 0.545. The molecule has 0 N–H and O–H groups in total. The van der Waals surface area contributed by atoms with Crippen LogP contribution >= 0.6 is 0 Å². The molecule has 2 aliphatic rings. The van der Waals surface area contributed by atoms with E-state index >= 15 is 0 Å². The summed E-state index contributed by atoms with van der Waals surface area (Å²) in [7, 11) is 0. The Morgan fingerprint density at radius 2 is 1.64 bits per heavy atom. The van der Waals surface area contributed by atoms with Gasteiger partial charge in [0.05, 0.1) is 0 Å². The average molecular weight is 299 g/mol. The molecule has 1 unspecified atom stereocenters. The van der Waals surface area contributed by atoms with Crippen LogP contribution in [0.25, 0.3) is 5.57 Å². The standard InChI is InChI=1S/C21H30.CH4/c1-15-4-8-18(9-5-15)20-12-13-21(17(3)14-20)19-10-6-16(2)7-11-19;/h10,12-16,18H,4-9,11H2,1-3H3;1H4. The van der Waals surface area contributed by atoms with Crippen LogP contribution in [-0.2, 0) is 0 Å². The first-order valence-corrected chi connectivity index (χ1v) is 8.93. The van der Waals surface area contributed by atoms with Crippen molar-refractivity contribution in [3.63, 3.8) is 0 Å². The Hall–Kier alpha value is -1.04. The lowest BCUT2D eigenvalue weighted by atomic mass is 9.78. The molecule has 0 aromatic heterocycles. The summed E-state index contributed by atoms with van der Waals surface area (Å²) in [5.74, 6) is 2.63. The number of allylic oxidation sites excluding steroid dienone is 2. The molecule has 1 atom stereocenters. The third-order valence-corrected chi connectivity index (χ3v) is 5.76. The van der Waals surface area contributed by atoms with Crippen molar-refractivity contribution in [1.82, 2.24) is 0 Å². The third kappa shape index (κ3) is 3.83. The van der Waals surface area contributed by atoms with Gasteiger partial charge in [-0.2, -0.15) is 0 Å². The van der Waals surface area contributed by atoms with Gasteiger partial charge in [0.15, 0.2) is 0 Å². The Morgan fingerprint density at radius 3 is 2.23 bits per heavy atom. The minimum absolute atomic E-state index is 0. The molecule has 0 radical (unpaired) electrons. The molecule has 0 spiro atoms. The van der Waals surface area contributed by atoms with Gasteiger partial charge in [-0.05, 0) is 79.0 Å². The van der Waals surface area contributed by atoms with Crippen molar-refractivity contribution in [2.24, 2.45) is 11.8 Å². The minimum atomic E-state index is 0. The van der Waals surface area contributed by atoms with Crippen molar-refractivity contribution < 1.29 is 0 Å². The van der Waals surface area contributed by atoms with Crippen LogP contribution in [-0.4, -0.2) is 0 Å². The Bertz CT molecular complexity index is 515. The van der Waals surface area contributed by atoms with Gasteiger partial charge < -0.3 is 0 Å². The van der Waals surface area contributed by atoms with Gasteiger partial charge in [0.2, 0.25) is 0 Å². The summed E-state index contributed by atoms with van der Waals surface area (Å²) < 4.78 is 0. The van der Waals surface area contributed by atoms with E-state index in [1.165, 1.54) is 56.1 Å². The Labute approximate surface area is 138 Å². The number of rotatable bonds is 2. The first kappa shape index (κ1) is 17.3. The molecule has 0 saturated heterocycles. The summed E-state index contributed by atoms with van der Waals surface area (Å²) in [6.07, 6.45) is 12.0. The van der Waals surface area contributed by atoms with Crippen LogP contribution in [0.1, 0.15) is 88.8 Å². The van der Waals surface area contributed by atoms with E-state index in [-0.39, 0.29) is 7.43 Å². The maximum atomic E-state index is 2.48. The molecule has 122 valence electrons. The van der Waals surface area contributed by atoms with Crippen LogP contribution in [0.5, 0.6) is 0 Å². The van der Waals surface area contributed by atoms with E-state index in [0.29, 0.717) is 0 Å². The highest BCUT2D eigenvalue weighted by atomic mass is 14.3. The van der Waals surface area contributed by atoms with Crippen molar-refractivity contribution in [2.45, 2.75) is 79.1 Å². The summed E-state index contributed by atoms with van der Waals surface area (Å²) >= 11 is 0. The van der Waals surface area contributed by atoms with E-state index in [4.69, 9.17) is 0 Å². The second kappa shape index (κ2) is 7.49. The van der Waals surface area contributed by atoms with E-state index in [1.807, 2.05) is 0 Å². The van der Waals surface area contributed by atoms with Crippen molar-refractivity contribution in [1.29, 1.82) is 0 Å². The van der Waals surface area contributed by atoms with Gasteiger partial charge in [0, 0.05) is 0 Å². The zero-order valence-electron chi connectivity index (χ0n) is 14.0. The number of aryl methyl sites for hydroxylation is 1. The molecule has 0 nitrogen and oxygen atoms in total. The van der Waals surface area contributed by atoms with Gasteiger partial charge in [-0.25, -0.2) is 0 Å². The molecule has 1 aromatic carbocycles. The second-order valence-electron chi connectivity index (χ2n) is 7.64. The summed E-state index contributed by atoms with van der Waals surface area (Å²) in [6.45, 7) is 7.08. The molecule has 1 aromatic rings. The number of hydrogen-bond donors (Lipinski definition) is 0. The summed E-state index contributed by atoms with van der Waals surface area (Å²) in [6, 6.07) is 7.31. The van der Waals surface area contributed by atoms with Crippen LogP contribution in [0.2, 0.25) is 0 Å². The lowest BCUT2D eigenvalue weighted by Crippen LogP contribution is -2.11. The predicted octanol–water partition coefficient (Wildman–Crippen LogP) is 7.13. The normalized spacial score (nSPS) is 28.7. The van der Waals surface area contributed by atoms with Crippen molar-refractivity contribution >= 4 is 5.57 Å². The lowest BCUT2D eigenvalue weighted by Gasteiger charge is -2.27. The van der Waals surface area contributed by atoms with E-state index < -0.39 is 0 Å². The maximum Gasteiger partial charge on any atom is -0.0162 e. The zero-order chi connectivity index (χ0) is 14.8. The Kier molecular flexibility index (Phi) is 5.89. The highest BCUT2D eigenvalue weighted by molar-refractivity contribution is 5.69. The first-order valence-electron chi connectivity index (χ1n) is 8.93. The molecule has 2 aliphatic carbocycles. The van der Waals surface area contributed by atoms with E-state index in [2.05, 4.69) is 45.0 Å². The first-order chi connectivity index (χ1) is 10.1. The molecule has 0 aliphatic heterocycles. The molecule has 1 fully saturated rings. The number of hydrogen-bond acceptors (Lipinski definition) is 0. The van der Waals surface area contributed by atoms with Crippen molar-refractivity contribution in [3.8, 4) is 0 Å². The van der Waals surface area contributed by atoms with Crippen molar-refractivity contribution in [3.05, 3.63) is 41.0 Å². The molecular weight excluding hydrogens is 264 g/mol. The largest absolute Gasteiger partial charge is 0.0804 e. The summed E-state index contributed by atoms with van der Waals surface area (Å²) in [5.41, 5.74) is 6.18. The molecule has 0 amide bonds. The topological polar surface area (TPSA) is 0 Å². The fraction of sp³-hybridized carbons (Fsp3) is 0.636. The Balaban J connectivity index is 0.00000176. The lowest BCUT2D eigenvalue weighted by molar-refractivity contribution is 0.348. The monoisotopic (exact) mass is 298 g/mol. The van der Waals surface area contributed by atoms with Crippen LogP contribution in [0, 0.1) is 18.8 Å². The SMILES string of the molecule is C.Cc1cc(C2CCC(C)CC2)ccc1C1=CCC(C)CC1. The summed E-state index contributed by atoms with van der Waals surface area (Å²) in [5, 5.41) is 0. The van der Waals surface area contributed by atoms with Gasteiger partial charge in [0.1, 0.15) is 0 Å². The average Bonchev–Trinajstić information content (AvgIpc) is 2.49. The molecule has 3 rings (SSSR count). The van der Waals surface area contributed by atoms with Crippen LogP contribution in [0.3, 0.4) is 0 Å². The highest BCUT2D eigenvalue weighted by Crippen LogP contribution is 2.37. The highest BCUT2D eigenvalue weighted by Gasteiger charge is 2.20. The van der Waals surface area contributed by atoms with Gasteiger partial charge in [0.25, 0.3) is 0 Å². The fourth-order valence-corrected chi connectivity index (χ4v) is 4.10. The molecule has 22 heavy (non-hydrogen) atoms. The Morgan fingerprint density at radius 1 is 0.909 bits per heavy atom. The summed E-state index contributed by atoms with van der Waals surface area (Å²) in [4.78, 5) is 0. The third-order valence-electron chi connectivity index (χ3n) is 5.76. The smallest absolute Gasteiger partial charge is 0.0162 e. The van der Waals surface area contributed by atoms with E-state index in [1.54, 1.807) is 11.1 Å². The predicted molar refractivity (Wildman–Crippen MR) is 99.3 cm³/mol. The van der Waals surface area contributed by atoms with Gasteiger partial charge in [-0.15, -0.1) is 0 Å². The molecular formula is C22H34. The van der Waals surface area contributed by atoms with E-state index in [0.717, 1.165) is 17.8 Å². The molecule has 0 bridgehead atoms. The van der Waals surface area contributed by atoms with Gasteiger partial charge >= 0.3 is 0 Å². The number of benzene rings is 1. The van der Waals surface area contributed by atoms with E-state index in [9.17, 15) is 0 Å². The molecule has 0 heteroatoms.